The number of aromatic nitrogens is 1. The number of carbonyl (C=O) groups excluding carboxylic acids is 2. The molecule has 0 spiro atoms. The van der Waals surface area contributed by atoms with Gasteiger partial charge in [0.25, 0.3) is 10.0 Å². The summed E-state index contributed by atoms with van der Waals surface area (Å²) in [7, 11) is -0.922. The molecule has 8 heteroatoms. The number of hydrogen-bond donors (Lipinski definition) is 0. The van der Waals surface area contributed by atoms with Crippen LogP contribution in [0, 0.1) is 5.92 Å². The fourth-order valence-corrected chi connectivity index (χ4v) is 5.64. The third-order valence-corrected chi connectivity index (χ3v) is 8.02. The van der Waals surface area contributed by atoms with Crippen molar-refractivity contribution in [1.82, 2.24) is 3.97 Å². The first kappa shape index (κ1) is 25.9. The van der Waals surface area contributed by atoms with Crippen molar-refractivity contribution in [1.29, 1.82) is 0 Å². The largest absolute Gasteiger partial charge is 0.497 e. The van der Waals surface area contributed by atoms with Gasteiger partial charge in [0.1, 0.15) is 17.2 Å². The number of benzene rings is 3. The van der Waals surface area contributed by atoms with Gasteiger partial charge in [-0.3, -0.25) is 9.59 Å². The van der Waals surface area contributed by atoms with Gasteiger partial charge in [-0.2, -0.15) is 0 Å². The molecule has 0 saturated carbocycles. The number of rotatable bonds is 10. The zero-order valence-electron chi connectivity index (χ0n) is 20.7. The van der Waals surface area contributed by atoms with Crippen molar-refractivity contribution < 1.29 is 27.5 Å². The monoisotopic (exact) mass is 517 g/mol. The van der Waals surface area contributed by atoms with Gasteiger partial charge in [-0.1, -0.05) is 37.3 Å². The molecule has 0 N–H and O–H groups in total. The lowest BCUT2D eigenvalue weighted by molar-refractivity contribution is 0.0829. The van der Waals surface area contributed by atoms with E-state index in [-0.39, 0.29) is 16.4 Å². The van der Waals surface area contributed by atoms with E-state index in [0.29, 0.717) is 22.6 Å². The molecule has 0 bridgehead atoms. The molecular formula is C29H27NO6S. The first-order valence-corrected chi connectivity index (χ1v) is 13.1. The normalized spacial score (nSPS) is 12.9. The minimum Gasteiger partial charge on any atom is -0.497 e. The Hall–Kier alpha value is -4.17. The second-order valence-electron chi connectivity index (χ2n) is 8.50. The van der Waals surface area contributed by atoms with E-state index in [2.05, 4.69) is 0 Å². The summed E-state index contributed by atoms with van der Waals surface area (Å²) in [6.07, 6.45) is 1.34. The predicted molar refractivity (Wildman–Crippen MR) is 140 cm³/mol. The molecule has 7 nitrogen and oxygen atoms in total. The van der Waals surface area contributed by atoms with E-state index in [0.717, 1.165) is 3.97 Å². The highest BCUT2D eigenvalue weighted by Gasteiger charge is 2.35. The highest BCUT2D eigenvalue weighted by molar-refractivity contribution is 7.90. The fraction of sp³-hybridized carbons (Fsp3) is 0.172. The maximum Gasteiger partial charge on any atom is 0.268 e. The van der Waals surface area contributed by atoms with Gasteiger partial charge < -0.3 is 9.47 Å². The Morgan fingerprint density at radius 1 is 0.730 bits per heavy atom. The van der Waals surface area contributed by atoms with Crippen molar-refractivity contribution in [2.24, 2.45) is 5.92 Å². The summed E-state index contributed by atoms with van der Waals surface area (Å²) in [5.41, 5.74) is 1.01. The zero-order valence-corrected chi connectivity index (χ0v) is 21.5. The Morgan fingerprint density at radius 2 is 1.30 bits per heavy atom. The van der Waals surface area contributed by atoms with Crippen LogP contribution in [0.15, 0.2) is 102 Å². The lowest BCUT2D eigenvalue weighted by Crippen LogP contribution is -2.29. The standard InChI is InChI=1S/C29H27NO6S/c1-20(28(31)26-10-7-19-30(26)37(33,34)25-8-5-4-6-9-25)27(21-11-15-23(35-2)16-12-21)29(32)22-13-17-24(36-3)18-14-22/h4-20,27H,1-3H3. The van der Waals surface area contributed by atoms with Crippen LogP contribution in [0.4, 0.5) is 0 Å². The molecule has 0 aliphatic rings. The maximum absolute atomic E-state index is 13.8. The van der Waals surface area contributed by atoms with Crippen LogP contribution in [-0.4, -0.2) is 38.2 Å². The SMILES string of the molecule is COc1ccc(C(=O)C(c2ccc(OC)cc2)C(C)C(=O)c2cccn2S(=O)(=O)c2ccccc2)cc1. The molecular weight excluding hydrogens is 490 g/mol. The van der Waals surface area contributed by atoms with Crippen molar-refractivity contribution in [2.45, 2.75) is 17.7 Å². The van der Waals surface area contributed by atoms with Gasteiger partial charge >= 0.3 is 0 Å². The van der Waals surface area contributed by atoms with Gasteiger partial charge in [0.05, 0.1) is 25.0 Å². The van der Waals surface area contributed by atoms with Gasteiger partial charge in [-0.15, -0.1) is 0 Å². The molecule has 0 aliphatic heterocycles. The predicted octanol–water partition coefficient (Wildman–Crippen LogP) is 5.23. The summed E-state index contributed by atoms with van der Waals surface area (Å²) in [5, 5.41) is 0. The molecule has 0 fully saturated rings. The first-order chi connectivity index (χ1) is 17.8. The highest BCUT2D eigenvalue weighted by atomic mass is 32.2. The molecule has 2 unspecified atom stereocenters. The van der Waals surface area contributed by atoms with Crippen LogP contribution in [0.25, 0.3) is 0 Å². The van der Waals surface area contributed by atoms with E-state index in [1.54, 1.807) is 80.8 Å². The molecule has 0 amide bonds. The van der Waals surface area contributed by atoms with E-state index in [1.165, 1.54) is 37.6 Å². The van der Waals surface area contributed by atoms with Crippen LogP contribution >= 0.6 is 0 Å². The molecule has 4 rings (SSSR count). The van der Waals surface area contributed by atoms with Gasteiger partial charge in [0, 0.05) is 17.7 Å². The van der Waals surface area contributed by atoms with Crippen molar-refractivity contribution in [3.63, 3.8) is 0 Å². The first-order valence-electron chi connectivity index (χ1n) is 11.6. The van der Waals surface area contributed by atoms with E-state index >= 15 is 0 Å². The Labute approximate surface area is 216 Å². The van der Waals surface area contributed by atoms with E-state index in [4.69, 9.17) is 9.47 Å². The third kappa shape index (κ3) is 5.20. The molecule has 0 radical (unpaired) electrons. The Morgan fingerprint density at radius 3 is 1.86 bits per heavy atom. The second kappa shape index (κ2) is 10.8. The van der Waals surface area contributed by atoms with E-state index in [1.807, 2.05) is 0 Å². The molecule has 0 saturated heterocycles. The highest BCUT2D eigenvalue weighted by Crippen LogP contribution is 2.33. The van der Waals surface area contributed by atoms with Crippen LogP contribution in [0.5, 0.6) is 11.5 Å². The minimum atomic E-state index is -4.00. The number of carbonyl (C=O) groups is 2. The quantitative estimate of drug-likeness (QED) is 0.268. The van der Waals surface area contributed by atoms with Gasteiger partial charge in [0.15, 0.2) is 11.6 Å². The Kier molecular flexibility index (Phi) is 7.59. The maximum atomic E-state index is 13.8. The summed E-state index contributed by atoms with van der Waals surface area (Å²) in [6.45, 7) is 1.64. The van der Waals surface area contributed by atoms with Gasteiger partial charge in [-0.05, 0) is 66.2 Å². The lowest BCUT2D eigenvalue weighted by Gasteiger charge is -2.23. The number of nitrogens with zero attached hydrogens (tertiary/aromatic N) is 1. The van der Waals surface area contributed by atoms with Crippen molar-refractivity contribution >= 4 is 21.6 Å². The van der Waals surface area contributed by atoms with E-state index in [9.17, 15) is 18.0 Å². The smallest absolute Gasteiger partial charge is 0.268 e. The molecule has 1 heterocycles. The molecule has 0 aliphatic carbocycles. The summed E-state index contributed by atoms with van der Waals surface area (Å²) >= 11 is 0. The van der Waals surface area contributed by atoms with Gasteiger partial charge in [-0.25, -0.2) is 12.4 Å². The molecule has 1 aromatic heterocycles. The lowest BCUT2D eigenvalue weighted by atomic mass is 9.79. The van der Waals surface area contributed by atoms with Crippen LogP contribution < -0.4 is 9.47 Å². The molecule has 37 heavy (non-hydrogen) atoms. The van der Waals surface area contributed by atoms with Crippen LogP contribution in [-0.2, 0) is 10.0 Å². The average molecular weight is 518 g/mol. The van der Waals surface area contributed by atoms with Crippen LogP contribution in [0.3, 0.4) is 0 Å². The summed E-state index contributed by atoms with van der Waals surface area (Å²) in [5.74, 6) is -1.26. The van der Waals surface area contributed by atoms with Crippen molar-refractivity contribution in [3.05, 3.63) is 114 Å². The zero-order chi connectivity index (χ0) is 26.6. The van der Waals surface area contributed by atoms with Gasteiger partial charge in [0.2, 0.25) is 0 Å². The van der Waals surface area contributed by atoms with Crippen LogP contribution in [0.2, 0.25) is 0 Å². The summed E-state index contributed by atoms with van der Waals surface area (Å²) in [6, 6.07) is 24.5. The summed E-state index contributed by atoms with van der Waals surface area (Å²) < 4.78 is 38.0. The minimum absolute atomic E-state index is 0.0163. The number of Topliss-reactive ketones (excluding diaryl/α,β-unsaturated/α-hetero) is 2. The number of methoxy groups -OCH3 is 2. The topological polar surface area (TPSA) is 91.7 Å². The Balaban J connectivity index is 1.75. The molecule has 3 aromatic carbocycles. The summed E-state index contributed by atoms with van der Waals surface area (Å²) in [4.78, 5) is 27.6. The number of hydrogen-bond acceptors (Lipinski definition) is 6. The second-order valence-corrected chi connectivity index (χ2v) is 10.3. The van der Waals surface area contributed by atoms with Crippen molar-refractivity contribution in [3.8, 4) is 11.5 Å². The van der Waals surface area contributed by atoms with Crippen molar-refractivity contribution in [2.75, 3.05) is 14.2 Å². The molecule has 4 aromatic rings. The van der Waals surface area contributed by atoms with E-state index < -0.39 is 27.6 Å². The Bertz CT molecular complexity index is 1490. The third-order valence-electron chi connectivity index (χ3n) is 6.31. The van der Waals surface area contributed by atoms with Crippen LogP contribution in [0.1, 0.15) is 39.3 Å². The number of ketones is 2. The average Bonchev–Trinajstić information content (AvgIpc) is 3.44. The number of ether oxygens (including phenoxy) is 2. The molecule has 190 valence electrons. The molecule has 2 atom stereocenters. The fourth-order valence-electron chi connectivity index (χ4n) is 4.27.